The molecule has 1 aromatic heterocycles. The van der Waals surface area contributed by atoms with Gasteiger partial charge in [-0.25, -0.2) is 4.79 Å². The van der Waals surface area contributed by atoms with Crippen molar-refractivity contribution in [1.82, 2.24) is 0 Å². The second kappa shape index (κ2) is 7.59. The maximum atomic E-state index is 12.9. The van der Waals surface area contributed by atoms with Crippen molar-refractivity contribution in [1.29, 1.82) is 0 Å². The van der Waals surface area contributed by atoms with Crippen LogP contribution in [0.2, 0.25) is 0 Å². The number of nitrogens with one attached hydrogen (secondary N) is 1. The highest BCUT2D eigenvalue weighted by Crippen LogP contribution is 2.34. The molecule has 4 rings (SSSR count). The van der Waals surface area contributed by atoms with Gasteiger partial charge in [0.15, 0.2) is 5.43 Å². The van der Waals surface area contributed by atoms with Gasteiger partial charge in [0.2, 0.25) is 5.91 Å². The van der Waals surface area contributed by atoms with Crippen molar-refractivity contribution in [3.8, 4) is 0 Å². The quantitative estimate of drug-likeness (QED) is 0.663. The minimum atomic E-state index is -1.21. The Balaban J connectivity index is 1.72. The van der Waals surface area contributed by atoms with E-state index in [2.05, 4.69) is 5.32 Å². The number of benzene rings is 2. The molecule has 0 fully saturated rings. The van der Waals surface area contributed by atoms with Crippen LogP contribution in [0.1, 0.15) is 23.3 Å². The van der Waals surface area contributed by atoms with E-state index in [9.17, 15) is 14.4 Å². The third-order valence-corrected chi connectivity index (χ3v) is 4.71. The van der Waals surface area contributed by atoms with Crippen LogP contribution in [0, 0.1) is 0 Å². The van der Waals surface area contributed by atoms with E-state index in [1.54, 1.807) is 18.2 Å². The summed E-state index contributed by atoms with van der Waals surface area (Å²) in [7, 11) is 0. The Hall–Kier alpha value is -3.93. The maximum Gasteiger partial charge on any atom is 0.328 e. The smallest absolute Gasteiger partial charge is 0.328 e. The molecule has 3 aromatic rings. The summed E-state index contributed by atoms with van der Waals surface area (Å²) in [5, 5.41) is 11.6. The van der Waals surface area contributed by atoms with Gasteiger partial charge in [-0.1, -0.05) is 30.3 Å². The van der Waals surface area contributed by atoms with E-state index in [1.165, 1.54) is 0 Å². The van der Waals surface area contributed by atoms with Crippen LogP contribution in [0.25, 0.3) is 22.6 Å². The molecule has 6 heteroatoms. The van der Waals surface area contributed by atoms with Crippen molar-refractivity contribution >= 4 is 40.2 Å². The number of fused-ring (bicyclic) bond motifs is 2. The monoisotopic (exact) mass is 387 g/mol. The first-order valence-corrected chi connectivity index (χ1v) is 9.09. The molecule has 0 radical (unpaired) electrons. The molecule has 0 saturated heterocycles. The second-order valence-electron chi connectivity index (χ2n) is 6.69. The molecule has 1 aliphatic rings. The summed E-state index contributed by atoms with van der Waals surface area (Å²) in [6.45, 7) is 0. The molecule has 29 heavy (non-hydrogen) atoms. The van der Waals surface area contributed by atoms with Crippen LogP contribution < -0.4 is 10.7 Å². The standard InChI is InChI=1S/C23H17NO5/c25-20(10-11-21(26)27)24-16-7-9-17-19(13-16)29-23-15(6-8-18(23)22(17)28)12-14-4-2-1-3-5-14/h1-5,7,9-13H,6,8H2,(H,24,25)(H,26,27)/b11-10-,15-12?. The predicted octanol–water partition coefficient (Wildman–Crippen LogP) is 3.86. The number of aliphatic carboxylic acids is 1. The molecule has 2 aromatic carbocycles. The number of carboxylic acids is 1. The van der Waals surface area contributed by atoms with Crippen molar-refractivity contribution in [2.45, 2.75) is 12.8 Å². The number of carboxylic acid groups (broad SMARTS) is 1. The first kappa shape index (κ1) is 18.4. The number of amides is 1. The van der Waals surface area contributed by atoms with Crippen LogP contribution in [0.5, 0.6) is 0 Å². The van der Waals surface area contributed by atoms with Crippen LogP contribution in [0.3, 0.4) is 0 Å². The highest BCUT2D eigenvalue weighted by molar-refractivity contribution is 6.03. The molecule has 6 nitrogen and oxygen atoms in total. The number of anilines is 1. The van der Waals surface area contributed by atoms with Crippen molar-refractivity contribution in [2.24, 2.45) is 0 Å². The fourth-order valence-electron chi connectivity index (χ4n) is 3.39. The molecule has 0 unspecified atom stereocenters. The van der Waals surface area contributed by atoms with Gasteiger partial charge in [-0.2, -0.15) is 0 Å². The van der Waals surface area contributed by atoms with Gasteiger partial charge in [-0.3, -0.25) is 9.59 Å². The summed E-state index contributed by atoms with van der Waals surface area (Å²) < 4.78 is 6.06. The molecule has 0 aliphatic heterocycles. The first-order chi connectivity index (χ1) is 14.0. The summed E-state index contributed by atoms with van der Waals surface area (Å²) in [6.07, 6.45) is 5.05. The maximum absolute atomic E-state index is 12.9. The van der Waals surface area contributed by atoms with E-state index in [0.717, 1.165) is 29.7 Å². The second-order valence-corrected chi connectivity index (χ2v) is 6.69. The van der Waals surface area contributed by atoms with Gasteiger partial charge in [0.25, 0.3) is 0 Å². The van der Waals surface area contributed by atoms with Crippen molar-refractivity contribution < 1.29 is 19.1 Å². The van der Waals surface area contributed by atoms with Crippen molar-refractivity contribution in [3.63, 3.8) is 0 Å². The SMILES string of the molecule is O=C(O)/C=C\C(=O)Nc1ccc2c(=O)c3c(oc2c1)C(=Cc1ccccc1)CC3. The molecular formula is C23H17NO5. The Bertz CT molecular complexity index is 1240. The molecule has 2 N–H and O–H groups in total. The number of carbonyl (C=O) groups excluding carboxylic acids is 1. The molecule has 1 heterocycles. The largest absolute Gasteiger partial charge is 0.478 e. The van der Waals surface area contributed by atoms with Gasteiger partial charge in [-0.05, 0) is 42.2 Å². The van der Waals surface area contributed by atoms with Crippen molar-refractivity contribution in [3.05, 3.63) is 87.8 Å². The summed E-state index contributed by atoms with van der Waals surface area (Å²) >= 11 is 0. The Morgan fingerprint density at radius 2 is 1.83 bits per heavy atom. The Morgan fingerprint density at radius 3 is 2.59 bits per heavy atom. The van der Waals surface area contributed by atoms with E-state index in [0.29, 0.717) is 34.4 Å². The zero-order valence-electron chi connectivity index (χ0n) is 15.3. The normalized spacial score (nSPS) is 14.4. The minimum Gasteiger partial charge on any atom is -0.478 e. The number of rotatable bonds is 4. The first-order valence-electron chi connectivity index (χ1n) is 9.09. The number of hydrogen-bond acceptors (Lipinski definition) is 4. The van der Waals surface area contributed by atoms with Gasteiger partial charge in [0.1, 0.15) is 11.3 Å². The third kappa shape index (κ3) is 3.87. The number of carbonyl (C=O) groups is 2. The van der Waals surface area contributed by atoms with Crippen LogP contribution in [0.4, 0.5) is 5.69 Å². The van der Waals surface area contributed by atoms with Crippen LogP contribution in [-0.4, -0.2) is 17.0 Å². The Morgan fingerprint density at radius 1 is 1.03 bits per heavy atom. The van der Waals surface area contributed by atoms with Crippen molar-refractivity contribution in [2.75, 3.05) is 5.32 Å². The number of hydrogen-bond donors (Lipinski definition) is 2. The van der Waals surface area contributed by atoms with Gasteiger partial charge < -0.3 is 14.8 Å². The lowest BCUT2D eigenvalue weighted by Crippen LogP contribution is -2.11. The molecule has 0 bridgehead atoms. The lowest BCUT2D eigenvalue weighted by atomic mass is 10.1. The average Bonchev–Trinajstić information content (AvgIpc) is 3.10. The fourth-order valence-corrected chi connectivity index (χ4v) is 3.39. The molecule has 144 valence electrons. The van der Waals surface area contributed by atoms with Gasteiger partial charge in [0, 0.05) is 29.5 Å². The van der Waals surface area contributed by atoms with E-state index < -0.39 is 11.9 Å². The van der Waals surface area contributed by atoms with Crippen LogP contribution in [-0.2, 0) is 16.0 Å². The predicted molar refractivity (Wildman–Crippen MR) is 111 cm³/mol. The minimum absolute atomic E-state index is 0.0682. The summed E-state index contributed by atoms with van der Waals surface area (Å²) in [4.78, 5) is 35.2. The summed E-state index contributed by atoms with van der Waals surface area (Å²) in [5.41, 5.74) is 3.37. The average molecular weight is 387 g/mol. The molecule has 0 atom stereocenters. The van der Waals surface area contributed by atoms with Crippen LogP contribution >= 0.6 is 0 Å². The van der Waals surface area contributed by atoms with Crippen LogP contribution in [0.15, 0.2) is 69.9 Å². The molecule has 0 saturated carbocycles. The number of allylic oxidation sites excluding steroid dienone is 1. The Labute approximate surface area is 165 Å². The zero-order valence-corrected chi connectivity index (χ0v) is 15.3. The fraction of sp³-hybridized carbons (Fsp3) is 0.0870. The van der Waals surface area contributed by atoms with Gasteiger partial charge in [0.05, 0.1) is 5.39 Å². The highest BCUT2D eigenvalue weighted by Gasteiger charge is 2.24. The zero-order chi connectivity index (χ0) is 20.4. The third-order valence-electron chi connectivity index (χ3n) is 4.71. The topological polar surface area (TPSA) is 96.6 Å². The lowest BCUT2D eigenvalue weighted by Gasteiger charge is -2.07. The van der Waals surface area contributed by atoms with Gasteiger partial charge in [-0.15, -0.1) is 0 Å². The van der Waals surface area contributed by atoms with E-state index in [4.69, 9.17) is 9.52 Å². The lowest BCUT2D eigenvalue weighted by molar-refractivity contribution is -0.131. The van der Waals surface area contributed by atoms with E-state index in [1.807, 2.05) is 36.4 Å². The summed E-state index contributed by atoms with van der Waals surface area (Å²) in [6, 6.07) is 14.6. The highest BCUT2D eigenvalue weighted by atomic mass is 16.4. The molecular weight excluding hydrogens is 370 g/mol. The van der Waals surface area contributed by atoms with E-state index >= 15 is 0 Å². The molecule has 1 aliphatic carbocycles. The Kier molecular flexibility index (Phi) is 4.83. The molecule has 0 spiro atoms. The summed E-state index contributed by atoms with van der Waals surface area (Å²) in [5.74, 6) is -1.21. The molecule has 1 amide bonds. The van der Waals surface area contributed by atoms with Gasteiger partial charge >= 0.3 is 5.97 Å². The van der Waals surface area contributed by atoms with E-state index in [-0.39, 0.29) is 5.43 Å².